The molecule has 1 aliphatic rings. The summed E-state index contributed by atoms with van der Waals surface area (Å²) >= 11 is 0. The van der Waals surface area contributed by atoms with Crippen LogP contribution in [0.2, 0.25) is 0 Å². The second-order valence-electron chi connectivity index (χ2n) is 5.82. The van der Waals surface area contributed by atoms with Gasteiger partial charge in [0.15, 0.2) is 0 Å². The molecule has 3 N–H and O–H groups in total. The van der Waals surface area contributed by atoms with Crippen LogP contribution < -0.4 is 15.8 Å². The number of carbonyl (C=O) groups excluding carboxylic acids is 1. The lowest BCUT2D eigenvalue weighted by molar-refractivity contribution is -0.132. The van der Waals surface area contributed by atoms with Crippen LogP contribution in [0.3, 0.4) is 0 Å². The molecule has 0 saturated carbocycles. The van der Waals surface area contributed by atoms with Crippen molar-refractivity contribution in [2.75, 3.05) is 6.54 Å². The van der Waals surface area contributed by atoms with Crippen molar-refractivity contribution < 1.29 is 18.7 Å². The Morgan fingerprint density at radius 1 is 1.22 bits per heavy atom. The second kappa shape index (κ2) is 11.0. The number of aromatic nitrogens is 1. The van der Waals surface area contributed by atoms with Gasteiger partial charge in [0.25, 0.3) is 0 Å². The van der Waals surface area contributed by atoms with E-state index in [1.54, 1.807) is 30.5 Å². The van der Waals surface area contributed by atoms with Gasteiger partial charge in [-0.05, 0) is 43.2 Å². The number of halogens is 3. The van der Waals surface area contributed by atoms with E-state index < -0.39 is 6.10 Å². The van der Waals surface area contributed by atoms with Gasteiger partial charge in [0, 0.05) is 18.8 Å². The summed E-state index contributed by atoms with van der Waals surface area (Å²) in [5.74, 6) is 0.597. The van der Waals surface area contributed by atoms with Gasteiger partial charge in [0.2, 0.25) is 5.91 Å². The molecule has 1 saturated heterocycles. The molecular weight excluding hydrogens is 396 g/mol. The molecule has 6 nitrogen and oxygen atoms in total. The van der Waals surface area contributed by atoms with E-state index in [9.17, 15) is 9.18 Å². The van der Waals surface area contributed by atoms with Crippen molar-refractivity contribution in [3.8, 4) is 11.5 Å². The molecule has 0 bridgehead atoms. The minimum atomic E-state index is -0.452. The zero-order chi connectivity index (χ0) is 17.6. The van der Waals surface area contributed by atoms with Crippen LogP contribution in [0.5, 0.6) is 11.5 Å². The number of nitrogens with two attached hydrogens (primary N) is 1. The zero-order valence-corrected chi connectivity index (χ0v) is 16.1. The fourth-order valence-electron chi connectivity index (χ4n) is 2.62. The predicted molar refractivity (Wildman–Crippen MR) is 104 cm³/mol. The van der Waals surface area contributed by atoms with Gasteiger partial charge in [0.1, 0.15) is 23.4 Å². The Hall–Kier alpha value is -1.93. The lowest BCUT2D eigenvalue weighted by atomic mass is 10.2. The number of nitrogens with zero attached hydrogens (tertiary/aromatic N) is 1. The third-order valence-corrected chi connectivity index (χ3v) is 3.94. The molecule has 9 heteroatoms. The van der Waals surface area contributed by atoms with Crippen LogP contribution in [0.4, 0.5) is 4.39 Å². The zero-order valence-electron chi connectivity index (χ0n) is 14.5. The maximum atomic E-state index is 12.9. The molecule has 3 rings (SSSR count). The normalized spacial score (nSPS) is 18.1. The first kappa shape index (κ1) is 23.1. The van der Waals surface area contributed by atoms with Crippen molar-refractivity contribution in [1.82, 2.24) is 10.3 Å². The lowest BCUT2D eigenvalue weighted by Crippen LogP contribution is -2.35. The summed E-state index contributed by atoms with van der Waals surface area (Å²) in [6.07, 6.45) is 2.58. The summed E-state index contributed by atoms with van der Waals surface area (Å²) < 4.78 is 24.1. The van der Waals surface area contributed by atoms with Crippen LogP contribution in [-0.2, 0) is 16.1 Å². The van der Waals surface area contributed by atoms with Gasteiger partial charge in [-0.1, -0.05) is 0 Å². The van der Waals surface area contributed by atoms with Crippen molar-refractivity contribution in [1.29, 1.82) is 0 Å². The third-order valence-electron chi connectivity index (χ3n) is 3.94. The second-order valence-corrected chi connectivity index (χ2v) is 5.82. The molecule has 1 fully saturated rings. The van der Waals surface area contributed by atoms with E-state index in [1.165, 1.54) is 12.1 Å². The van der Waals surface area contributed by atoms with Crippen LogP contribution in [0.15, 0.2) is 42.6 Å². The molecule has 1 aliphatic heterocycles. The lowest BCUT2D eigenvalue weighted by Gasteiger charge is -2.13. The molecule has 2 aromatic rings. The number of nitrogens with one attached hydrogen (secondary N) is 1. The van der Waals surface area contributed by atoms with Crippen molar-refractivity contribution in [3.63, 3.8) is 0 Å². The maximum absolute atomic E-state index is 12.9. The summed E-state index contributed by atoms with van der Waals surface area (Å²) in [5, 5.41) is 2.81. The number of hydrogen-bond donors (Lipinski definition) is 2. The quantitative estimate of drug-likeness (QED) is 0.754. The van der Waals surface area contributed by atoms with E-state index in [0.717, 1.165) is 6.42 Å². The van der Waals surface area contributed by atoms with Crippen molar-refractivity contribution in [3.05, 3.63) is 54.1 Å². The number of benzene rings is 1. The fraction of sp³-hybridized carbons (Fsp3) is 0.333. The molecule has 1 aromatic heterocycles. The maximum Gasteiger partial charge on any atom is 0.249 e. The number of rotatable bonds is 6. The molecule has 1 amide bonds. The first-order valence-electron chi connectivity index (χ1n) is 8.15. The Labute approximate surface area is 169 Å². The fourth-order valence-corrected chi connectivity index (χ4v) is 2.62. The smallest absolute Gasteiger partial charge is 0.249 e. The molecule has 2 heterocycles. The SMILES string of the molecule is Cl.Cl.NC[C@H]1CC[C@@H](C(=O)NCc2cc(Oc3ccc(F)cc3)ccn2)O1. The van der Waals surface area contributed by atoms with Crippen molar-refractivity contribution >= 4 is 30.7 Å². The number of amides is 1. The van der Waals surface area contributed by atoms with Crippen LogP contribution in [0.1, 0.15) is 18.5 Å². The van der Waals surface area contributed by atoms with E-state index >= 15 is 0 Å². The minimum Gasteiger partial charge on any atom is -0.457 e. The van der Waals surface area contributed by atoms with Gasteiger partial charge in [-0.3, -0.25) is 9.78 Å². The van der Waals surface area contributed by atoms with Crippen LogP contribution >= 0.6 is 24.8 Å². The number of ether oxygens (including phenoxy) is 2. The largest absolute Gasteiger partial charge is 0.457 e. The Morgan fingerprint density at radius 2 is 1.96 bits per heavy atom. The molecule has 2 atom stereocenters. The van der Waals surface area contributed by atoms with Crippen LogP contribution in [-0.4, -0.2) is 29.6 Å². The van der Waals surface area contributed by atoms with E-state index in [1.807, 2.05) is 0 Å². The summed E-state index contributed by atoms with van der Waals surface area (Å²) in [6, 6.07) is 9.16. The Morgan fingerprint density at radius 3 is 2.63 bits per heavy atom. The molecule has 148 valence electrons. The van der Waals surface area contributed by atoms with Crippen molar-refractivity contribution in [2.24, 2.45) is 5.73 Å². The predicted octanol–water partition coefficient (Wildman–Crippen LogP) is 2.98. The van der Waals surface area contributed by atoms with Gasteiger partial charge in [-0.15, -0.1) is 24.8 Å². The highest BCUT2D eigenvalue weighted by molar-refractivity contribution is 5.85. The van der Waals surface area contributed by atoms with E-state index in [-0.39, 0.29) is 49.2 Å². The van der Waals surface area contributed by atoms with E-state index in [2.05, 4.69) is 10.3 Å². The van der Waals surface area contributed by atoms with Gasteiger partial charge >= 0.3 is 0 Å². The number of carbonyl (C=O) groups is 1. The number of hydrogen-bond acceptors (Lipinski definition) is 5. The first-order valence-corrected chi connectivity index (χ1v) is 8.15. The third kappa shape index (κ3) is 6.62. The van der Waals surface area contributed by atoms with Gasteiger partial charge in [0.05, 0.1) is 18.3 Å². The topological polar surface area (TPSA) is 86.5 Å². The Kier molecular flexibility index (Phi) is 9.45. The monoisotopic (exact) mass is 417 g/mol. The summed E-state index contributed by atoms with van der Waals surface area (Å²) in [4.78, 5) is 16.3. The first-order chi connectivity index (χ1) is 12.1. The van der Waals surface area contributed by atoms with Gasteiger partial charge in [-0.25, -0.2) is 4.39 Å². The molecule has 1 aromatic carbocycles. The summed E-state index contributed by atoms with van der Waals surface area (Å²) in [7, 11) is 0. The summed E-state index contributed by atoms with van der Waals surface area (Å²) in [6.45, 7) is 0.695. The average molecular weight is 418 g/mol. The molecule has 0 spiro atoms. The molecular formula is C18H22Cl2FN3O3. The standard InChI is InChI=1S/C18H20FN3O3.2ClH/c19-12-1-3-14(4-2-12)24-15-7-8-21-13(9-15)11-22-18(23)17-6-5-16(10-20)25-17;;/h1-4,7-9,16-17H,5-6,10-11,20H2,(H,22,23);2*1H/t16-,17+;;/m1../s1. The highest BCUT2D eigenvalue weighted by atomic mass is 35.5. The van der Waals surface area contributed by atoms with Gasteiger partial charge < -0.3 is 20.5 Å². The molecule has 0 aliphatic carbocycles. The molecule has 27 heavy (non-hydrogen) atoms. The van der Waals surface area contributed by atoms with E-state index in [0.29, 0.717) is 30.2 Å². The van der Waals surface area contributed by atoms with Crippen molar-refractivity contribution in [2.45, 2.75) is 31.6 Å². The van der Waals surface area contributed by atoms with Gasteiger partial charge in [-0.2, -0.15) is 0 Å². The molecule has 0 radical (unpaired) electrons. The number of pyridine rings is 1. The highest BCUT2D eigenvalue weighted by Gasteiger charge is 2.29. The van der Waals surface area contributed by atoms with Crippen LogP contribution in [0.25, 0.3) is 0 Å². The van der Waals surface area contributed by atoms with Crippen LogP contribution in [0, 0.1) is 5.82 Å². The Bertz CT molecular complexity index is 734. The Balaban J connectivity index is 0.00000182. The summed E-state index contributed by atoms with van der Waals surface area (Å²) in [5.41, 5.74) is 6.20. The minimum absolute atomic E-state index is 0. The average Bonchev–Trinajstić information content (AvgIpc) is 3.11. The molecule has 0 unspecified atom stereocenters. The highest BCUT2D eigenvalue weighted by Crippen LogP contribution is 2.22. The van der Waals surface area contributed by atoms with E-state index in [4.69, 9.17) is 15.2 Å².